The van der Waals surface area contributed by atoms with Crippen molar-refractivity contribution in [1.29, 1.82) is 0 Å². The second kappa shape index (κ2) is 8.99. The van der Waals surface area contributed by atoms with Crippen molar-refractivity contribution in [3.8, 4) is 0 Å². The van der Waals surface area contributed by atoms with Crippen molar-refractivity contribution in [2.45, 2.75) is 23.7 Å². The Morgan fingerprint density at radius 1 is 1.19 bits per heavy atom. The third kappa shape index (κ3) is 4.93. The van der Waals surface area contributed by atoms with Gasteiger partial charge in [-0.1, -0.05) is 29.0 Å². The maximum atomic E-state index is 13.2. The molecule has 1 aliphatic rings. The maximum Gasteiger partial charge on any atom is 0.286 e. The normalized spacial score (nSPS) is 17.4. The summed E-state index contributed by atoms with van der Waals surface area (Å²) in [5.74, 6) is -1.07. The Labute approximate surface area is 187 Å². The van der Waals surface area contributed by atoms with Gasteiger partial charge in [-0.15, -0.1) is 10.2 Å². The molecule has 1 N–H and O–H groups in total. The van der Waals surface area contributed by atoms with Gasteiger partial charge in [0.25, 0.3) is 5.91 Å². The van der Waals surface area contributed by atoms with Crippen LogP contribution in [-0.4, -0.2) is 41.9 Å². The number of nitrogens with one attached hydrogen (secondary N) is 1. The van der Waals surface area contributed by atoms with Gasteiger partial charge in [-0.2, -0.15) is 4.31 Å². The first kappa shape index (κ1) is 21.8. The molecular weight excluding hydrogens is 463 g/mol. The summed E-state index contributed by atoms with van der Waals surface area (Å²) in [6.45, 7) is 0.599. The summed E-state index contributed by atoms with van der Waals surface area (Å²) in [5.41, 5.74) is 0.545. The summed E-state index contributed by atoms with van der Waals surface area (Å²) in [6.07, 6.45) is 1.38. The molecule has 0 spiro atoms. The summed E-state index contributed by atoms with van der Waals surface area (Å²) in [5, 5.41) is 12.1. The average Bonchev–Trinajstić information content (AvgIpc) is 3.25. The van der Waals surface area contributed by atoms with Crippen molar-refractivity contribution in [2.75, 3.05) is 18.4 Å². The third-order valence-corrected chi connectivity index (χ3v) is 8.10. The van der Waals surface area contributed by atoms with Crippen LogP contribution in [0, 0.1) is 5.82 Å². The first-order chi connectivity index (χ1) is 14.8. The minimum Gasteiger partial charge on any atom is -0.320 e. The smallest absolute Gasteiger partial charge is 0.286 e. The molecule has 4 rings (SSSR count). The SMILES string of the molecule is O=C(Nc1cccc(Cl)c1)c1nnc(C2CCCN(S(=O)(=O)c3ccc(F)cc3)C2)s1. The minimum atomic E-state index is -3.74. The number of halogens is 2. The molecule has 0 aliphatic carbocycles. The number of amides is 1. The van der Waals surface area contributed by atoms with Crippen LogP contribution in [0.5, 0.6) is 0 Å². The van der Waals surface area contributed by atoms with Gasteiger partial charge in [0.05, 0.1) is 4.90 Å². The Balaban J connectivity index is 1.47. The number of rotatable bonds is 5. The van der Waals surface area contributed by atoms with Gasteiger partial charge in [0.1, 0.15) is 10.8 Å². The highest BCUT2D eigenvalue weighted by Crippen LogP contribution is 2.32. The molecule has 31 heavy (non-hydrogen) atoms. The summed E-state index contributed by atoms with van der Waals surface area (Å²) < 4.78 is 40.4. The summed E-state index contributed by atoms with van der Waals surface area (Å²) in [7, 11) is -3.74. The zero-order valence-electron chi connectivity index (χ0n) is 16.2. The van der Waals surface area contributed by atoms with E-state index in [2.05, 4.69) is 15.5 Å². The molecule has 2 heterocycles. The van der Waals surface area contributed by atoms with Gasteiger partial charge in [0, 0.05) is 29.7 Å². The van der Waals surface area contributed by atoms with Crippen molar-refractivity contribution in [1.82, 2.24) is 14.5 Å². The third-order valence-electron chi connectivity index (χ3n) is 4.90. The van der Waals surface area contributed by atoms with Gasteiger partial charge in [-0.3, -0.25) is 4.79 Å². The lowest BCUT2D eigenvalue weighted by Crippen LogP contribution is -2.39. The number of anilines is 1. The van der Waals surface area contributed by atoms with Gasteiger partial charge < -0.3 is 5.32 Å². The Kier molecular flexibility index (Phi) is 6.33. The molecule has 162 valence electrons. The fraction of sp³-hybridized carbons (Fsp3) is 0.250. The quantitative estimate of drug-likeness (QED) is 0.592. The van der Waals surface area contributed by atoms with Crippen LogP contribution in [0.15, 0.2) is 53.4 Å². The molecule has 1 aliphatic heterocycles. The number of sulfonamides is 1. The molecule has 1 unspecified atom stereocenters. The van der Waals surface area contributed by atoms with Gasteiger partial charge in [-0.05, 0) is 55.3 Å². The topological polar surface area (TPSA) is 92.3 Å². The molecule has 1 atom stereocenters. The van der Waals surface area contributed by atoms with Gasteiger partial charge in [0.2, 0.25) is 15.0 Å². The number of nitrogens with zero attached hydrogens (tertiary/aromatic N) is 3. The van der Waals surface area contributed by atoms with Crippen LogP contribution in [0.3, 0.4) is 0 Å². The van der Waals surface area contributed by atoms with Crippen LogP contribution in [0.4, 0.5) is 10.1 Å². The highest BCUT2D eigenvalue weighted by Gasteiger charge is 2.32. The molecule has 7 nitrogen and oxygen atoms in total. The molecule has 1 amide bonds. The van der Waals surface area contributed by atoms with Crippen LogP contribution >= 0.6 is 22.9 Å². The second-order valence-corrected chi connectivity index (χ2v) is 10.4. The first-order valence-corrected chi connectivity index (χ1v) is 12.1. The van der Waals surface area contributed by atoms with E-state index in [-0.39, 0.29) is 22.4 Å². The molecule has 0 radical (unpaired) electrons. The van der Waals surface area contributed by atoms with E-state index < -0.39 is 21.7 Å². The van der Waals surface area contributed by atoms with E-state index in [0.29, 0.717) is 28.7 Å². The largest absolute Gasteiger partial charge is 0.320 e. The highest BCUT2D eigenvalue weighted by molar-refractivity contribution is 7.89. The first-order valence-electron chi connectivity index (χ1n) is 9.49. The Morgan fingerprint density at radius 2 is 1.97 bits per heavy atom. The maximum absolute atomic E-state index is 13.2. The van der Waals surface area contributed by atoms with Crippen molar-refractivity contribution in [2.24, 2.45) is 0 Å². The van der Waals surface area contributed by atoms with Gasteiger partial charge in [0.15, 0.2) is 0 Å². The summed E-state index contributed by atoms with van der Waals surface area (Å²) in [6, 6.07) is 11.5. The van der Waals surface area contributed by atoms with Crippen molar-refractivity contribution >= 4 is 44.6 Å². The molecule has 11 heteroatoms. The molecule has 2 aromatic carbocycles. The predicted molar refractivity (Wildman–Crippen MR) is 116 cm³/mol. The second-order valence-electron chi connectivity index (χ2n) is 7.07. The van der Waals surface area contributed by atoms with E-state index in [1.807, 2.05) is 0 Å². The Morgan fingerprint density at radius 3 is 2.71 bits per heavy atom. The Hall–Kier alpha value is -2.40. The molecule has 1 fully saturated rings. The fourth-order valence-electron chi connectivity index (χ4n) is 3.36. The van der Waals surface area contributed by atoms with Crippen LogP contribution in [-0.2, 0) is 10.0 Å². The number of hydrogen-bond donors (Lipinski definition) is 1. The van der Waals surface area contributed by atoms with E-state index in [1.54, 1.807) is 24.3 Å². The zero-order valence-corrected chi connectivity index (χ0v) is 18.6. The van der Waals surface area contributed by atoms with Crippen molar-refractivity contribution in [3.63, 3.8) is 0 Å². The molecule has 3 aromatic rings. The van der Waals surface area contributed by atoms with Crippen LogP contribution < -0.4 is 5.32 Å². The predicted octanol–water partition coefficient (Wildman–Crippen LogP) is 4.15. The lowest BCUT2D eigenvalue weighted by molar-refractivity contribution is 0.102. The van der Waals surface area contributed by atoms with Gasteiger partial charge >= 0.3 is 0 Å². The Bertz CT molecular complexity index is 1200. The lowest BCUT2D eigenvalue weighted by atomic mass is 10.0. The monoisotopic (exact) mass is 480 g/mol. The molecule has 0 bridgehead atoms. The standard InChI is InChI=1S/C20H18ClFN4O3S2/c21-14-4-1-5-16(11-14)23-18(27)20-25-24-19(30-20)13-3-2-10-26(12-13)31(28,29)17-8-6-15(22)7-9-17/h1,4-9,11,13H,2-3,10,12H2,(H,23,27). The van der Waals surface area contributed by atoms with Crippen LogP contribution in [0.2, 0.25) is 5.02 Å². The number of hydrogen-bond acceptors (Lipinski definition) is 6. The van der Waals surface area contributed by atoms with Gasteiger partial charge in [-0.25, -0.2) is 12.8 Å². The number of aromatic nitrogens is 2. The van der Waals surface area contributed by atoms with Crippen LogP contribution in [0.25, 0.3) is 0 Å². The summed E-state index contributed by atoms with van der Waals surface area (Å²) in [4.78, 5) is 12.5. The molecule has 1 aromatic heterocycles. The fourth-order valence-corrected chi connectivity index (χ4v) is 5.94. The highest BCUT2D eigenvalue weighted by atomic mass is 35.5. The van der Waals surface area contributed by atoms with Crippen LogP contribution in [0.1, 0.15) is 33.6 Å². The molecular formula is C20H18ClFN4O3S2. The lowest BCUT2D eigenvalue weighted by Gasteiger charge is -2.30. The number of piperidine rings is 1. The van der Waals surface area contributed by atoms with Crippen molar-refractivity contribution in [3.05, 3.63) is 69.4 Å². The number of carbonyl (C=O) groups is 1. The average molecular weight is 481 g/mol. The molecule has 0 saturated carbocycles. The van der Waals surface area contributed by atoms with E-state index in [1.165, 1.54) is 16.4 Å². The number of benzene rings is 2. The van der Waals surface area contributed by atoms with E-state index in [9.17, 15) is 17.6 Å². The minimum absolute atomic E-state index is 0.0494. The van der Waals surface area contributed by atoms with E-state index >= 15 is 0 Å². The van der Waals surface area contributed by atoms with E-state index in [0.717, 1.165) is 29.9 Å². The molecule has 1 saturated heterocycles. The van der Waals surface area contributed by atoms with E-state index in [4.69, 9.17) is 11.6 Å². The number of carbonyl (C=O) groups excluding carboxylic acids is 1. The van der Waals surface area contributed by atoms with Crippen molar-refractivity contribution < 1.29 is 17.6 Å². The summed E-state index contributed by atoms with van der Waals surface area (Å²) >= 11 is 7.08. The zero-order chi connectivity index (χ0) is 22.0.